The lowest BCUT2D eigenvalue weighted by Crippen LogP contribution is -2.40. The van der Waals surface area contributed by atoms with Gasteiger partial charge in [0.05, 0.1) is 32.5 Å². The van der Waals surface area contributed by atoms with Gasteiger partial charge in [0, 0.05) is 43.0 Å². The highest BCUT2D eigenvalue weighted by Gasteiger charge is 2.39. The molecule has 1 heterocycles. The summed E-state index contributed by atoms with van der Waals surface area (Å²) < 4.78 is 29.4. The van der Waals surface area contributed by atoms with Gasteiger partial charge in [0.25, 0.3) is 19.1 Å². The van der Waals surface area contributed by atoms with E-state index in [9.17, 15) is 19.5 Å². The molecular weight excluding hydrogens is 735 g/mol. The van der Waals surface area contributed by atoms with Crippen molar-refractivity contribution in [2.24, 2.45) is 5.73 Å². The Labute approximate surface area is 319 Å². The van der Waals surface area contributed by atoms with Gasteiger partial charge in [0.1, 0.15) is 30.5 Å². The number of nitrogens with one attached hydrogen (secondary N) is 2. The van der Waals surface area contributed by atoms with Crippen LogP contribution in [0.2, 0.25) is 0 Å². The van der Waals surface area contributed by atoms with Gasteiger partial charge in [-0.2, -0.15) is 5.82 Å². The van der Waals surface area contributed by atoms with Crippen LogP contribution in [0.3, 0.4) is 0 Å². The van der Waals surface area contributed by atoms with Crippen LogP contribution in [0.15, 0.2) is 24.3 Å². The van der Waals surface area contributed by atoms with Gasteiger partial charge in [-0.3, -0.25) is 14.4 Å². The van der Waals surface area contributed by atoms with Gasteiger partial charge in [0.15, 0.2) is 5.44 Å². The van der Waals surface area contributed by atoms with E-state index in [1.54, 1.807) is 65.1 Å². The number of ether oxygens (including phenoxy) is 5. The fourth-order valence-electron chi connectivity index (χ4n) is 4.14. The monoisotopic (exact) mass is 787 g/mol. The average Bonchev–Trinajstić information content (AvgIpc) is 3.51. The van der Waals surface area contributed by atoms with Crippen molar-refractivity contribution in [2.75, 3.05) is 72.5 Å². The number of hydrogen-bond donors (Lipinski definition) is 4. The van der Waals surface area contributed by atoms with Gasteiger partial charge >= 0.3 is 0 Å². The number of rotatable bonds is 23. The van der Waals surface area contributed by atoms with Gasteiger partial charge in [-0.25, -0.2) is 0 Å². The van der Waals surface area contributed by atoms with E-state index in [1.807, 2.05) is 13.2 Å². The smallest absolute Gasteiger partial charge is 0.262 e. The number of likely N-dealkylation sites (N-methyl/N-ethyl adjacent to an activating group) is 1. The van der Waals surface area contributed by atoms with Gasteiger partial charge < -0.3 is 50.1 Å². The maximum atomic E-state index is 12.7. The quantitative estimate of drug-likeness (QED) is 0.0419. The lowest BCUT2D eigenvalue weighted by Gasteiger charge is -2.26. The van der Waals surface area contributed by atoms with Crippen molar-refractivity contribution in [1.29, 1.82) is 0 Å². The first-order chi connectivity index (χ1) is 24.4. The van der Waals surface area contributed by atoms with Gasteiger partial charge in [-0.1, -0.05) is 75.9 Å². The lowest BCUT2D eigenvalue weighted by molar-refractivity contribution is -0.141. The largest absolute Gasteiger partial charge is 0.490 e. The third-order valence-corrected chi connectivity index (χ3v) is 12.1. The second-order valence-electron chi connectivity index (χ2n) is 12.0. The molecule has 0 saturated carbocycles. The summed E-state index contributed by atoms with van der Waals surface area (Å²) in [6.45, 7) is 9.93. The van der Waals surface area contributed by atoms with Crippen LogP contribution in [0.25, 0.3) is 0 Å². The van der Waals surface area contributed by atoms with Crippen molar-refractivity contribution in [3.05, 3.63) is 29.8 Å². The molecule has 1 aromatic carbocycles. The molecule has 0 spiro atoms. The van der Waals surface area contributed by atoms with E-state index in [0.717, 1.165) is 0 Å². The number of aliphatic hydroxyl groups excluding tert-OH is 1. The summed E-state index contributed by atoms with van der Waals surface area (Å²) in [7, 11) is 9.35. The fraction of sp³-hybridized carbons (Fsp3) is 0.667. The molecule has 1 saturated heterocycles. The molecular formula is C33H52BN4O9S4. The second kappa shape index (κ2) is 25.3. The molecule has 13 nitrogen and oxygen atoms in total. The fourth-order valence-corrected chi connectivity index (χ4v) is 7.87. The normalized spacial score (nSPS) is 18.2. The zero-order chi connectivity index (χ0) is 37.6. The highest BCUT2D eigenvalue weighted by Crippen LogP contribution is 2.38. The summed E-state index contributed by atoms with van der Waals surface area (Å²) >= 11 is 0. The maximum absolute atomic E-state index is 12.7. The maximum Gasteiger partial charge on any atom is 0.262 e. The molecule has 1 aliphatic rings. The molecule has 1 radical (unpaired) electrons. The standard InChI is InChI=1S/C33H52BN4O9S4/c1-7-38(5)31(42)32(50-48-6)47-25-19-27(46-26(25)20-39)34-12-9-14-36-28(40)21-43-16-17-44-29(49-51-33(2,3)4)22-45-24-11-8-10-23(18-24)30(41)37-15-13-35/h8,10-11,18,25-27,29,32,39H,7,13-17,19-22,35H2,1-6H3,(H,36,40)(H,37,41)/t25-,26?,27-,29?,32+/m1/s1. The van der Waals surface area contributed by atoms with Crippen LogP contribution in [-0.2, 0) is 28.5 Å². The summed E-state index contributed by atoms with van der Waals surface area (Å²) in [5, 5.41) is 15.2. The van der Waals surface area contributed by atoms with E-state index in [4.69, 9.17) is 29.4 Å². The first-order valence-electron chi connectivity index (χ1n) is 16.6. The molecule has 1 aromatic rings. The predicted octanol–water partition coefficient (Wildman–Crippen LogP) is 2.38. The van der Waals surface area contributed by atoms with E-state index >= 15 is 0 Å². The Hall–Kier alpha value is -1.79. The zero-order valence-corrected chi connectivity index (χ0v) is 33.5. The lowest BCUT2D eigenvalue weighted by atomic mass is 9.71. The number of aliphatic hydroxyl groups is 1. The highest BCUT2D eigenvalue weighted by molar-refractivity contribution is 8.77. The molecule has 5 N–H and O–H groups in total. The summed E-state index contributed by atoms with van der Waals surface area (Å²) in [6.07, 6.45) is 1.28. The Kier molecular flexibility index (Phi) is 22.5. The van der Waals surface area contributed by atoms with E-state index < -0.39 is 17.6 Å². The molecule has 285 valence electrons. The molecule has 0 aromatic heterocycles. The van der Waals surface area contributed by atoms with E-state index in [-0.39, 0.29) is 73.5 Å². The molecule has 0 aliphatic carbocycles. The molecule has 0 bridgehead atoms. The summed E-state index contributed by atoms with van der Waals surface area (Å²) in [6, 6.07) is 6.54. The summed E-state index contributed by atoms with van der Waals surface area (Å²) in [4.78, 5) is 38.8. The Balaban J connectivity index is 1.72. The van der Waals surface area contributed by atoms with Crippen LogP contribution in [0.4, 0.5) is 0 Å². The van der Waals surface area contributed by atoms with Crippen LogP contribution in [0.5, 0.6) is 5.75 Å². The van der Waals surface area contributed by atoms with Gasteiger partial charge in [0.2, 0.25) is 5.91 Å². The summed E-state index contributed by atoms with van der Waals surface area (Å²) in [5.74, 6) is 5.63. The van der Waals surface area contributed by atoms with E-state index in [1.165, 1.54) is 21.6 Å². The molecule has 3 amide bonds. The third kappa shape index (κ3) is 18.7. The van der Waals surface area contributed by atoms with Crippen LogP contribution in [-0.4, -0.2) is 141 Å². The molecule has 1 aliphatic heterocycles. The van der Waals surface area contributed by atoms with Crippen LogP contribution >= 0.6 is 43.2 Å². The highest BCUT2D eigenvalue weighted by atomic mass is 33.1. The number of amides is 3. The number of carbonyl (C=O) groups is 3. The van der Waals surface area contributed by atoms with E-state index in [2.05, 4.69) is 43.1 Å². The Bertz CT molecular complexity index is 1270. The number of hydrogen-bond acceptors (Lipinski definition) is 14. The van der Waals surface area contributed by atoms with Crippen molar-refractivity contribution >= 4 is 68.2 Å². The van der Waals surface area contributed by atoms with E-state index in [0.29, 0.717) is 37.4 Å². The Morgan fingerprint density at radius 2 is 2.00 bits per heavy atom. The summed E-state index contributed by atoms with van der Waals surface area (Å²) in [5.41, 5.74) is 4.92. The molecule has 51 heavy (non-hydrogen) atoms. The van der Waals surface area contributed by atoms with Crippen LogP contribution in [0, 0.1) is 11.7 Å². The molecule has 2 rings (SSSR count). The SMILES string of the molecule is CCN(C)C(=O)[C@@H](O[C@@H]1C[C@H]([B]C#CCNC(=O)COCCOC(COc2cccc(C(=O)NCCN)c2)SSC(C)(C)C)OC1CO)SSC. The Morgan fingerprint density at radius 1 is 1.22 bits per heavy atom. The number of nitrogens with two attached hydrogens (primary N) is 1. The topological polar surface area (TPSA) is 171 Å². The number of carbonyl (C=O) groups excluding carboxylic acids is 3. The van der Waals surface area contributed by atoms with Crippen molar-refractivity contribution in [3.8, 4) is 17.5 Å². The van der Waals surface area contributed by atoms with Crippen molar-refractivity contribution in [2.45, 2.75) is 67.9 Å². The third-order valence-electron chi connectivity index (χ3n) is 6.77. The van der Waals surface area contributed by atoms with Crippen LogP contribution in [0.1, 0.15) is 44.5 Å². The van der Waals surface area contributed by atoms with Crippen LogP contribution < -0.4 is 21.1 Å². The molecule has 2 unspecified atom stereocenters. The minimum absolute atomic E-state index is 0.00513. The van der Waals surface area contributed by atoms with Crippen molar-refractivity contribution in [3.63, 3.8) is 0 Å². The molecule has 1 fully saturated rings. The predicted molar refractivity (Wildman–Crippen MR) is 209 cm³/mol. The number of benzene rings is 1. The second-order valence-corrected chi connectivity index (χ2v) is 17.8. The first kappa shape index (κ1) is 45.4. The van der Waals surface area contributed by atoms with Crippen molar-refractivity contribution in [1.82, 2.24) is 15.5 Å². The molecule has 18 heteroatoms. The van der Waals surface area contributed by atoms with Gasteiger partial charge in [-0.05, 0) is 37.8 Å². The Morgan fingerprint density at radius 3 is 2.69 bits per heavy atom. The van der Waals surface area contributed by atoms with Crippen molar-refractivity contribution < 1.29 is 43.2 Å². The molecule has 5 atom stereocenters. The minimum atomic E-state index is -0.708. The van der Waals surface area contributed by atoms with Gasteiger partial charge in [-0.15, -0.1) is 0 Å². The first-order valence-corrected chi connectivity index (χ1v) is 21.4. The zero-order valence-electron chi connectivity index (χ0n) is 30.2. The average molecular weight is 788 g/mol. The number of nitrogens with zero attached hydrogens (tertiary/aromatic N) is 1. The minimum Gasteiger partial charge on any atom is -0.490 e.